The lowest BCUT2D eigenvalue weighted by atomic mass is 10.2. The van der Waals surface area contributed by atoms with E-state index >= 15 is 0 Å². The van der Waals surface area contributed by atoms with E-state index in [1.54, 1.807) is 17.0 Å². The monoisotopic (exact) mass is 381 g/mol. The molecule has 0 radical (unpaired) electrons. The molecule has 0 saturated carbocycles. The van der Waals surface area contributed by atoms with Crippen LogP contribution in [0.25, 0.3) is 10.4 Å². The molecule has 1 aromatic carbocycles. The van der Waals surface area contributed by atoms with E-state index in [1.807, 2.05) is 26.8 Å². The maximum atomic E-state index is 12.1. The Morgan fingerprint density at radius 2 is 1.96 bits per heavy atom. The summed E-state index contributed by atoms with van der Waals surface area (Å²) in [4.78, 5) is 18.8. The van der Waals surface area contributed by atoms with Gasteiger partial charge in [0.1, 0.15) is 5.60 Å². The first-order chi connectivity index (χ1) is 10.8. The molecule has 0 bridgehead atoms. The summed E-state index contributed by atoms with van der Waals surface area (Å²) in [5, 5.41) is 3.59. The summed E-state index contributed by atoms with van der Waals surface area (Å²) in [7, 11) is 0. The molecule has 8 heteroatoms. The maximum absolute atomic E-state index is 12.1. The van der Waals surface area contributed by atoms with Crippen LogP contribution in [-0.2, 0) is 4.74 Å². The van der Waals surface area contributed by atoms with E-state index < -0.39 is 5.60 Å². The smallest absolute Gasteiger partial charge is 0.410 e. The normalized spacial score (nSPS) is 15.1. The first-order valence-electron chi connectivity index (χ1n) is 7.38. The minimum absolute atomic E-state index is 0.269. The van der Waals surface area contributed by atoms with Gasteiger partial charge in [-0.25, -0.2) is 4.79 Å². The van der Waals surface area contributed by atoms with Crippen LogP contribution in [0.5, 0.6) is 0 Å². The van der Waals surface area contributed by atoms with Crippen LogP contribution >= 0.6 is 15.9 Å². The Bertz CT molecular complexity index is 629. The quantitative estimate of drug-likeness (QED) is 0.431. The summed E-state index contributed by atoms with van der Waals surface area (Å²) in [6, 6.07) is 5.48. The fourth-order valence-corrected chi connectivity index (χ4v) is 2.94. The molecule has 0 aromatic heterocycles. The number of ether oxygens (including phenoxy) is 1. The maximum Gasteiger partial charge on any atom is 0.410 e. The van der Waals surface area contributed by atoms with Gasteiger partial charge in [0.15, 0.2) is 0 Å². The van der Waals surface area contributed by atoms with Gasteiger partial charge in [-0.15, -0.1) is 0 Å². The molecule has 1 aliphatic heterocycles. The molecule has 1 aromatic rings. The van der Waals surface area contributed by atoms with E-state index in [0.717, 1.165) is 23.2 Å². The van der Waals surface area contributed by atoms with Crippen LogP contribution in [0.15, 0.2) is 27.8 Å². The molecular weight excluding hydrogens is 362 g/mol. The second-order valence-corrected chi connectivity index (χ2v) is 7.13. The van der Waals surface area contributed by atoms with Crippen LogP contribution < -0.4 is 4.90 Å². The van der Waals surface area contributed by atoms with E-state index in [1.165, 1.54) is 0 Å². The lowest BCUT2D eigenvalue weighted by molar-refractivity contribution is 0.0240. The largest absolute Gasteiger partial charge is 0.444 e. The second-order valence-electron chi connectivity index (χ2n) is 6.28. The third-order valence-corrected chi connectivity index (χ3v) is 4.00. The number of benzene rings is 1. The number of carbonyl (C=O) groups excluding carboxylic acids is 1. The van der Waals surface area contributed by atoms with E-state index in [2.05, 4.69) is 30.9 Å². The van der Waals surface area contributed by atoms with Crippen LogP contribution in [0.1, 0.15) is 20.8 Å². The number of rotatable bonds is 2. The number of halogens is 1. The third-order valence-electron chi connectivity index (χ3n) is 3.36. The number of azide groups is 1. The first kappa shape index (κ1) is 17.4. The zero-order valence-corrected chi connectivity index (χ0v) is 15.1. The third kappa shape index (κ3) is 4.77. The molecule has 1 saturated heterocycles. The molecule has 1 amide bonds. The van der Waals surface area contributed by atoms with Gasteiger partial charge in [0, 0.05) is 41.3 Å². The van der Waals surface area contributed by atoms with Crippen molar-refractivity contribution in [2.45, 2.75) is 26.4 Å². The SMILES string of the molecule is CC(C)(C)OC(=O)N1CCN(c2ccc(N=[N+]=[N-])cc2Br)CC1. The fourth-order valence-electron chi connectivity index (χ4n) is 2.32. The molecule has 1 fully saturated rings. The summed E-state index contributed by atoms with van der Waals surface area (Å²) >= 11 is 3.51. The van der Waals surface area contributed by atoms with Gasteiger partial charge >= 0.3 is 6.09 Å². The highest BCUT2D eigenvalue weighted by atomic mass is 79.9. The molecule has 1 heterocycles. The van der Waals surface area contributed by atoms with Crippen molar-refractivity contribution in [1.82, 2.24) is 4.90 Å². The second kappa shape index (κ2) is 7.10. The van der Waals surface area contributed by atoms with Crippen molar-refractivity contribution in [3.05, 3.63) is 33.1 Å². The summed E-state index contributed by atoms with van der Waals surface area (Å²) < 4.78 is 6.27. The first-order valence-corrected chi connectivity index (χ1v) is 8.17. The molecule has 23 heavy (non-hydrogen) atoms. The molecule has 7 nitrogen and oxygen atoms in total. The van der Waals surface area contributed by atoms with Gasteiger partial charge in [-0.1, -0.05) is 11.2 Å². The topological polar surface area (TPSA) is 81.5 Å². The molecule has 124 valence electrons. The van der Waals surface area contributed by atoms with E-state index in [9.17, 15) is 4.79 Å². The van der Waals surface area contributed by atoms with Crippen molar-refractivity contribution in [2.24, 2.45) is 5.11 Å². The van der Waals surface area contributed by atoms with E-state index in [0.29, 0.717) is 18.8 Å². The summed E-state index contributed by atoms with van der Waals surface area (Å²) in [6.45, 7) is 8.26. The van der Waals surface area contributed by atoms with Gasteiger partial charge < -0.3 is 14.5 Å². The van der Waals surface area contributed by atoms with Crippen LogP contribution in [0.3, 0.4) is 0 Å². The predicted octanol–water partition coefficient (Wildman–Crippen LogP) is 4.45. The average molecular weight is 382 g/mol. The molecule has 0 unspecified atom stereocenters. The lowest BCUT2D eigenvalue weighted by Crippen LogP contribution is -2.50. The van der Waals surface area contributed by atoms with Gasteiger partial charge in [-0.3, -0.25) is 0 Å². The Morgan fingerprint density at radius 3 is 2.48 bits per heavy atom. The molecule has 0 atom stereocenters. The Kier molecular flexibility index (Phi) is 5.38. The molecule has 0 N–H and O–H groups in total. The molecule has 0 spiro atoms. The molecule has 0 aliphatic carbocycles. The Morgan fingerprint density at radius 1 is 1.30 bits per heavy atom. The van der Waals surface area contributed by atoms with Crippen LogP contribution in [0.2, 0.25) is 0 Å². The van der Waals surface area contributed by atoms with Gasteiger partial charge in [0.05, 0.1) is 5.69 Å². The minimum Gasteiger partial charge on any atom is -0.444 e. The van der Waals surface area contributed by atoms with Gasteiger partial charge in [-0.2, -0.15) is 0 Å². The zero-order chi connectivity index (χ0) is 17.0. The number of amides is 1. The number of carbonyl (C=O) groups is 1. The summed E-state index contributed by atoms with van der Waals surface area (Å²) in [5.41, 5.74) is 9.58. The number of hydrogen-bond acceptors (Lipinski definition) is 4. The zero-order valence-electron chi connectivity index (χ0n) is 13.5. The fraction of sp³-hybridized carbons (Fsp3) is 0.533. The number of hydrogen-bond donors (Lipinski definition) is 0. The van der Waals surface area contributed by atoms with Gasteiger partial charge in [0.2, 0.25) is 0 Å². The molecular formula is C15H20BrN5O2. The van der Waals surface area contributed by atoms with E-state index in [-0.39, 0.29) is 6.09 Å². The minimum atomic E-state index is -0.478. The van der Waals surface area contributed by atoms with Gasteiger partial charge in [0.25, 0.3) is 0 Å². The van der Waals surface area contributed by atoms with Crippen LogP contribution in [0.4, 0.5) is 16.2 Å². The predicted molar refractivity (Wildman–Crippen MR) is 93.0 cm³/mol. The van der Waals surface area contributed by atoms with Crippen LogP contribution in [0, 0.1) is 0 Å². The van der Waals surface area contributed by atoms with Gasteiger partial charge in [-0.05, 0) is 54.4 Å². The van der Waals surface area contributed by atoms with Crippen molar-refractivity contribution in [2.75, 3.05) is 31.1 Å². The van der Waals surface area contributed by atoms with Crippen molar-refractivity contribution in [1.29, 1.82) is 0 Å². The molecule has 1 aliphatic rings. The highest BCUT2D eigenvalue weighted by Crippen LogP contribution is 2.31. The lowest BCUT2D eigenvalue weighted by Gasteiger charge is -2.37. The number of piperazine rings is 1. The summed E-state index contributed by atoms with van der Waals surface area (Å²) in [5.74, 6) is 0. The standard InChI is InChI=1S/C15H20BrN5O2/c1-15(2,3)23-14(22)21-8-6-20(7-9-21)13-5-4-11(18-19-17)10-12(13)16/h4-5,10H,6-9H2,1-3H3. The number of nitrogens with zero attached hydrogens (tertiary/aromatic N) is 5. The van der Waals surface area contributed by atoms with E-state index in [4.69, 9.17) is 10.3 Å². The number of anilines is 1. The highest BCUT2D eigenvalue weighted by Gasteiger charge is 2.26. The highest BCUT2D eigenvalue weighted by molar-refractivity contribution is 9.10. The summed E-state index contributed by atoms with van der Waals surface area (Å²) in [6.07, 6.45) is -0.269. The van der Waals surface area contributed by atoms with Crippen molar-refractivity contribution < 1.29 is 9.53 Å². The van der Waals surface area contributed by atoms with Crippen molar-refractivity contribution in [3.8, 4) is 0 Å². The Labute approximate surface area is 144 Å². The Hall–Kier alpha value is -1.92. The average Bonchev–Trinajstić information content (AvgIpc) is 2.46. The molecule has 2 rings (SSSR count). The Balaban J connectivity index is 1.99. The van der Waals surface area contributed by atoms with Crippen LogP contribution in [-0.4, -0.2) is 42.8 Å². The van der Waals surface area contributed by atoms with Crippen molar-refractivity contribution >= 4 is 33.4 Å². The van der Waals surface area contributed by atoms with Crippen molar-refractivity contribution in [3.63, 3.8) is 0 Å².